The fourth-order valence-corrected chi connectivity index (χ4v) is 3.86. The molecule has 0 radical (unpaired) electrons. The number of hydrogen-bond donors (Lipinski definition) is 5. The standard InChI is InChI=1S/C19H23Cl2N5O4.CH4O2/c1-11-6-13-15(7-14(11)25(4-2-20)5-3-21)26(8-12(9-27)10-28)17-16(22-13)18(29)24-19(30)23-17;2-1-3/h6-7,12,27-28H,2-5,8-10H2,1H3,(H,24,29,30);2-3H,1H2. The molecule has 13 heteroatoms. The topological polar surface area (TPSA) is 165 Å². The molecule has 0 aliphatic carbocycles. The average molecular weight is 504 g/mol. The molecule has 11 nitrogen and oxygen atoms in total. The number of aromatic amines is 1. The van der Waals surface area contributed by atoms with Crippen LogP contribution < -0.4 is 16.1 Å². The van der Waals surface area contributed by atoms with Gasteiger partial charge in [-0.2, -0.15) is 4.98 Å². The van der Waals surface area contributed by atoms with Gasteiger partial charge in [-0.3, -0.25) is 9.78 Å². The third-order valence-electron chi connectivity index (χ3n) is 4.93. The summed E-state index contributed by atoms with van der Waals surface area (Å²) in [5.41, 5.74) is 1.53. The van der Waals surface area contributed by atoms with Gasteiger partial charge < -0.3 is 29.9 Å². The molecule has 182 valence electrons. The van der Waals surface area contributed by atoms with Gasteiger partial charge in [0, 0.05) is 56.2 Å². The Morgan fingerprint density at radius 2 is 1.67 bits per heavy atom. The number of aryl methyl sites for hydroxylation is 1. The van der Waals surface area contributed by atoms with Crippen LogP contribution in [0, 0.1) is 12.8 Å². The summed E-state index contributed by atoms with van der Waals surface area (Å²) in [6.45, 7) is 1.94. The second-order valence-corrected chi connectivity index (χ2v) is 7.89. The Labute approximate surface area is 199 Å². The van der Waals surface area contributed by atoms with E-state index in [9.17, 15) is 19.8 Å². The number of aliphatic hydroxyl groups excluding tert-OH is 3. The van der Waals surface area contributed by atoms with Crippen molar-refractivity contribution in [2.24, 2.45) is 5.92 Å². The largest absolute Gasteiger partial charge is 0.396 e. The van der Waals surface area contributed by atoms with E-state index in [2.05, 4.69) is 15.0 Å². The molecule has 33 heavy (non-hydrogen) atoms. The van der Waals surface area contributed by atoms with Crippen molar-refractivity contribution in [3.05, 3.63) is 38.5 Å². The fourth-order valence-electron chi connectivity index (χ4n) is 3.45. The summed E-state index contributed by atoms with van der Waals surface area (Å²) in [5.74, 6) is 0.418. The third kappa shape index (κ3) is 6.40. The van der Waals surface area contributed by atoms with Crippen LogP contribution in [-0.2, 0) is 6.54 Å². The lowest BCUT2D eigenvalue weighted by atomic mass is 10.1. The van der Waals surface area contributed by atoms with E-state index in [4.69, 9.17) is 33.4 Å². The summed E-state index contributed by atoms with van der Waals surface area (Å²) >= 11 is 11.9. The van der Waals surface area contributed by atoms with E-state index in [0.717, 1.165) is 11.3 Å². The quantitative estimate of drug-likeness (QED) is 0.150. The highest BCUT2D eigenvalue weighted by Crippen LogP contribution is 2.29. The van der Waals surface area contributed by atoms with Gasteiger partial charge in [0.05, 0.1) is 11.0 Å². The first-order valence-electron chi connectivity index (χ1n) is 10.1. The van der Waals surface area contributed by atoms with Crippen LogP contribution in [0.1, 0.15) is 5.56 Å². The van der Waals surface area contributed by atoms with Crippen molar-refractivity contribution in [3.63, 3.8) is 0 Å². The average Bonchev–Trinajstić information content (AvgIpc) is 2.77. The molecular formula is C20H27Cl2N5O6. The summed E-state index contributed by atoms with van der Waals surface area (Å²) in [6.07, 6.45) is 0. The molecule has 0 unspecified atom stereocenters. The monoisotopic (exact) mass is 503 g/mol. The van der Waals surface area contributed by atoms with Gasteiger partial charge >= 0.3 is 5.69 Å². The second kappa shape index (κ2) is 12.8. The second-order valence-electron chi connectivity index (χ2n) is 7.13. The molecule has 0 bridgehead atoms. The van der Waals surface area contributed by atoms with E-state index in [1.54, 1.807) is 4.57 Å². The van der Waals surface area contributed by atoms with Gasteiger partial charge in [0.25, 0.3) is 5.56 Å². The molecule has 0 saturated heterocycles. The Hall–Kier alpha value is -2.28. The number of fused-ring (bicyclic) bond motifs is 2. The molecule has 2 aliphatic rings. The highest BCUT2D eigenvalue weighted by molar-refractivity contribution is 6.18. The van der Waals surface area contributed by atoms with Crippen molar-refractivity contribution in [1.29, 1.82) is 0 Å². The van der Waals surface area contributed by atoms with Crippen LogP contribution in [0.4, 0.5) is 5.69 Å². The van der Waals surface area contributed by atoms with Crippen LogP contribution in [0.25, 0.3) is 22.6 Å². The van der Waals surface area contributed by atoms with Crippen molar-refractivity contribution >= 4 is 39.9 Å². The van der Waals surface area contributed by atoms with Crippen molar-refractivity contribution < 1.29 is 20.4 Å². The van der Waals surface area contributed by atoms with Gasteiger partial charge in [0.1, 0.15) is 6.79 Å². The van der Waals surface area contributed by atoms with E-state index in [-0.39, 0.29) is 31.3 Å². The van der Waals surface area contributed by atoms with Gasteiger partial charge in [-0.05, 0) is 24.6 Å². The Morgan fingerprint density at radius 1 is 1.06 bits per heavy atom. The van der Waals surface area contributed by atoms with Gasteiger partial charge in [0.15, 0.2) is 11.5 Å². The molecule has 0 atom stereocenters. The SMILES string of the molecule is Cc1cc2nc3c(=O)[nH]c(=O)nc-3n(CC(CO)CO)c2cc1N(CCCl)CCCl.OCO. The van der Waals surface area contributed by atoms with Crippen LogP contribution in [0.5, 0.6) is 0 Å². The number of alkyl halides is 2. The Bertz CT molecular complexity index is 1130. The number of aliphatic hydroxyl groups is 4. The number of benzene rings is 1. The third-order valence-corrected chi connectivity index (χ3v) is 5.27. The summed E-state index contributed by atoms with van der Waals surface area (Å²) in [5, 5.41) is 33.4. The minimum atomic E-state index is -0.787. The molecule has 0 amide bonds. The molecule has 3 rings (SSSR count). The number of nitrogens with one attached hydrogen (secondary N) is 1. The number of nitrogens with zero attached hydrogens (tertiary/aromatic N) is 4. The van der Waals surface area contributed by atoms with Crippen LogP contribution in [0.15, 0.2) is 21.7 Å². The molecule has 0 fully saturated rings. The molecule has 1 aromatic rings. The summed E-state index contributed by atoms with van der Waals surface area (Å²) < 4.78 is 1.65. The fraction of sp³-hybridized carbons (Fsp3) is 0.500. The lowest BCUT2D eigenvalue weighted by molar-refractivity contribution is 0.0773. The van der Waals surface area contributed by atoms with E-state index in [0.29, 0.717) is 35.9 Å². The van der Waals surface area contributed by atoms with Crippen molar-refractivity contribution in [1.82, 2.24) is 19.5 Å². The normalized spacial score (nSPS) is 11.2. The zero-order valence-corrected chi connectivity index (χ0v) is 19.6. The number of halogens is 2. The predicted molar refractivity (Wildman–Crippen MR) is 126 cm³/mol. The minimum absolute atomic E-state index is 0.0160. The molecule has 2 heterocycles. The predicted octanol–water partition coefficient (Wildman–Crippen LogP) is -0.294. The summed E-state index contributed by atoms with van der Waals surface area (Å²) in [6, 6.07) is 3.73. The molecular weight excluding hydrogens is 477 g/mol. The van der Waals surface area contributed by atoms with E-state index < -0.39 is 24.0 Å². The number of H-pyrrole nitrogens is 1. The highest BCUT2D eigenvalue weighted by Gasteiger charge is 2.22. The van der Waals surface area contributed by atoms with Crippen LogP contribution in [0.3, 0.4) is 0 Å². The molecule has 1 aromatic carbocycles. The lowest BCUT2D eigenvalue weighted by Crippen LogP contribution is -2.31. The van der Waals surface area contributed by atoms with Gasteiger partial charge in [0.2, 0.25) is 0 Å². The number of aromatic nitrogens is 4. The lowest BCUT2D eigenvalue weighted by Gasteiger charge is -2.27. The van der Waals surface area contributed by atoms with E-state index >= 15 is 0 Å². The Kier molecular flexibility index (Phi) is 10.5. The molecule has 0 aromatic heterocycles. The first-order valence-corrected chi connectivity index (χ1v) is 11.2. The zero-order chi connectivity index (χ0) is 24.5. The molecule has 0 spiro atoms. The summed E-state index contributed by atoms with van der Waals surface area (Å²) in [4.78, 5) is 36.8. The van der Waals surface area contributed by atoms with Gasteiger partial charge in [-0.25, -0.2) is 9.78 Å². The number of anilines is 1. The maximum atomic E-state index is 12.3. The van der Waals surface area contributed by atoms with Crippen molar-refractivity contribution in [2.45, 2.75) is 13.5 Å². The van der Waals surface area contributed by atoms with Crippen LogP contribution in [-0.4, -0.2) is 84.8 Å². The maximum Gasteiger partial charge on any atom is 0.349 e. The minimum Gasteiger partial charge on any atom is -0.396 e. The molecule has 5 N–H and O–H groups in total. The highest BCUT2D eigenvalue weighted by atomic mass is 35.5. The van der Waals surface area contributed by atoms with Crippen molar-refractivity contribution in [3.8, 4) is 11.5 Å². The zero-order valence-electron chi connectivity index (χ0n) is 18.0. The van der Waals surface area contributed by atoms with Gasteiger partial charge in [-0.15, -0.1) is 23.2 Å². The Morgan fingerprint density at radius 3 is 2.21 bits per heavy atom. The smallest absolute Gasteiger partial charge is 0.349 e. The maximum absolute atomic E-state index is 12.3. The van der Waals surface area contributed by atoms with E-state index in [1.165, 1.54) is 0 Å². The van der Waals surface area contributed by atoms with Crippen LogP contribution >= 0.6 is 23.2 Å². The number of rotatable bonds is 9. The van der Waals surface area contributed by atoms with E-state index in [1.807, 2.05) is 24.0 Å². The Balaban J connectivity index is 0.00000122. The summed E-state index contributed by atoms with van der Waals surface area (Å²) in [7, 11) is 0. The first kappa shape index (κ1) is 27.0. The van der Waals surface area contributed by atoms with Gasteiger partial charge in [-0.1, -0.05) is 0 Å². The number of hydrogen-bond acceptors (Lipinski definition) is 9. The van der Waals surface area contributed by atoms with Crippen LogP contribution in [0.2, 0.25) is 0 Å². The van der Waals surface area contributed by atoms with Crippen molar-refractivity contribution in [2.75, 3.05) is 49.8 Å². The molecule has 0 saturated carbocycles. The molecule has 2 aliphatic heterocycles. The first-order chi connectivity index (χ1) is 15.8.